The number of ether oxygens (including phenoxy) is 1. The maximum absolute atomic E-state index is 5.51. The third-order valence-electron chi connectivity index (χ3n) is 1.72. The third kappa shape index (κ3) is 5.46. The molecular formula is C12H17LiO2Si. The van der Waals surface area contributed by atoms with Gasteiger partial charge in [-0.1, -0.05) is 18.4 Å². The van der Waals surface area contributed by atoms with Gasteiger partial charge in [0, 0.05) is 5.75 Å². The minimum atomic E-state index is -1.52. The molecule has 16 heavy (non-hydrogen) atoms. The zero-order valence-corrected chi connectivity index (χ0v) is 11.7. The van der Waals surface area contributed by atoms with Gasteiger partial charge in [0.25, 0.3) is 0 Å². The Hall–Kier alpha value is -0.626. The summed E-state index contributed by atoms with van der Waals surface area (Å²) in [7, 11) is 0.137. The second-order valence-corrected chi connectivity index (χ2v) is 8.65. The Labute approximate surface area is 111 Å². The standard InChI is InChI=1S/C12H17O2Si.Li/c1-13-12-8-6-5-7-11(12)9-10-14-15(2,3)4;/h5-9H,1-4H3;/q-1;+1. The van der Waals surface area contributed by atoms with Gasteiger partial charge < -0.3 is 9.16 Å². The maximum atomic E-state index is 5.51. The van der Waals surface area contributed by atoms with E-state index in [0.717, 1.165) is 11.3 Å². The molecule has 0 fully saturated rings. The molecule has 0 aliphatic heterocycles. The van der Waals surface area contributed by atoms with Crippen molar-refractivity contribution in [1.82, 2.24) is 0 Å². The van der Waals surface area contributed by atoms with Gasteiger partial charge in [0.2, 0.25) is 8.32 Å². The SMILES string of the molecule is COc1ccccc1C=[C-]O[Si](C)(C)C.[Li+]. The molecule has 0 bridgehead atoms. The Balaban J connectivity index is 0.00000225. The maximum Gasteiger partial charge on any atom is 1.00 e. The van der Waals surface area contributed by atoms with Gasteiger partial charge in [0.15, 0.2) is 0 Å². The number of methoxy groups -OCH3 is 1. The Kier molecular flexibility index (Phi) is 6.58. The number of benzene rings is 1. The van der Waals surface area contributed by atoms with Crippen molar-refractivity contribution >= 4 is 14.4 Å². The van der Waals surface area contributed by atoms with Crippen LogP contribution < -0.4 is 23.6 Å². The van der Waals surface area contributed by atoms with Crippen LogP contribution in [0.25, 0.3) is 6.08 Å². The summed E-state index contributed by atoms with van der Waals surface area (Å²) in [5, 5.41) is 0. The van der Waals surface area contributed by atoms with E-state index in [1.807, 2.05) is 30.3 Å². The van der Waals surface area contributed by atoms with Crippen LogP contribution in [0.2, 0.25) is 19.6 Å². The summed E-state index contributed by atoms with van der Waals surface area (Å²) in [6.07, 6.45) is 4.69. The summed E-state index contributed by atoms with van der Waals surface area (Å²) in [4.78, 5) is 0. The Morgan fingerprint density at radius 1 is 1.19 bits per heavy atom. The molecule has 1 aromatic rings. The fraction of sp³-hybridized carbons (Fsp3) is 0.333. The van der Waals surface area contributed by atoms with Crippen LogP contribution in [0.1, 0.15) is 5.56 Å². The monoisotopic (exact) mass is 228 g/mol. The topological polar surface area (TPSA) is 18.5 Å². The van der Waals surface area contributed by atoms with Crippen LogP contribution in [0.4, 0.5) is 0 Å². The van der Waals surface area contributed by atoms with Crippen LogP contribution in [0.15, 0.2) is 24.3 Å². The molecule has 0 saturated heterocycles. The van der Waals surface area contributed by atoms with E-state index in [1.54, 1.807) is 7.11 Å². The first-order valence-electron chi connectivity index (χ1n) is 4.93. The molecule has 1 rings (SSSR count). The number of hydrogen-bond acceptors (Lipinski definition) is 2. The van der Waals surface area contributed by atoms with E-state index in [1.165, 1.54) is 0 Å². The molecule has 0 unspecified atom stereocenters. The zero-order chi connectivity index (χ0) is 11.3. The molecule has 0 spiro atoms. The second kappa shape index (κ2) is 6.85. The van der Waals surface area contributed by atoms with Crippen molar-refractivity contribution in [3.05, 3.63) is 36.1 Å². The molecule has 0 heterocycles. The zero-order valence-electron chi connectivity index (χ0n) is 10.7. The van der Waals surface area contributed by atoms with Gasteiger partial charge in [-0.25, -0.2) is 0 Å². The van der Waals surface area contributed by atoms with Crippen LogP contribution >= 0.6 is 0 Å². The van der Waals surface area contributed by atoms with Gasteiger partial charge in [-0.05, 0) is 25.7 Å². The molecule has 0 radical (unpaired) electrons. The summed E-state index contributed by atoms with van der Waals surface area (Å²) in [6, 6.07) is 7.79. The average molecular weight is 228 g/mol. The van der Waals surface area contributed by atoms with E-state index in [9.17, 15) is 0 Å². The first-order chi connectivity index (χ1) is 7.03. The van der Waals surface area contributed by atoms with Gasteiger partial charge in [-0.15, -0.1) is 11.6 Å². The average Bonchev–Trinajstić information content (AvgIpc) is 2.16. The van der Waals surface area contributed by atoms with Crippen molar-refractivity contribution in [3.63, 3.8) is 0 Å². The van der Waals surface area contributed by atoms with Crippen LogP contribution in [0.5, 0.6) is 5.75 Å². The summed E-state index contributed by atoms with van der Waals surface area (Å²) < 4.78 is 10.7. The van der Waals surface area contributed by atoms with E-state index >= 15 is 0 Å². The summed E-state index contributed by atoms with van der Waals surface area (Å²) >= 11 is 0. The molecule has 82 valence electrons. The molecule has 0 aliphatic rings. The molecule has 1 aromatic carbocycles. The molecule has 0 saturated carbocycles. The van der Waals surface area contributed by atoms with Gasteiger partial charge in [-0.2, -0.15) is 6.08 Å². The number of hydrogen-bond donors (Lipinski definition) is 0. The fourth-order valence-corrected chi connectivity index (χ4v) is 1.47. The quantitative estimate of drug-likeness (QED) is 0.420. The van der Waals surface area contributed by atoms with E-state index in [-0.39, 0.29) is 18.9 Å². The Morgan fingerprint density at radius 2 is 1.81 bits per heavy atom. The summed E-state index contributed by atoms with van der Waals surface area (Å²) in [5.41, 5.74) is 0.984. The fourth-order valence-electron chi connectivity index (χ4n) is 1.06. The van der Waals surface area contributed by atoms with E-state index in [2.05, 4.69) is 25.9 Å². The first kappa shape index (κ1) is 15.4. The second-order valence-electron chi connectivity index (χ2n) is 4.22. The van der Waals surface area contributed by atoms with E-state index in [4.69, 9.17) is 9.16 Å². The van der Waals surface area contributed by atoms with E-state index in [0.29, 0.717) is 0 Å². The van der Waals surface area contributed by atoms with Crippen molar-refractivity contribution in [2.24, 2.45) is 0 Å². The van der Waals surface area contributed by atoms with Crippen LogP contribution in [-0.4, -0.2) is 15.4 Å². The molecular weight excluding hydrogens is 211 g/mol. The van der Waals surface area contributed by atoms with Crippen molar-refractivity contribution in [2.45, 2.75) is 19.6 Å². The molecule has 2 nitrogen and oxygen atoms in total. The molecule has 0 aromatic heterocycles. The summed E-state index contributed by atoms with van der Waals surface area (Å²) in [5.74, 6) is 0.837. The van der Waals surface area contributed by atoms with Gasteiger partial charge in [-0.3, -0.25) is 0 Å². The first-order valence-corrected chi connectivity index (χ1v) is 8.33. The predicted octanol–water partition coefficient (Wildman–Crippen LogP) is 0.325. The minimum absolute atomic E-state index is 0. The van der Waals surface area contributed by atoms with Crippen molar-refractivity contribution in [2.75, 3.05) is 7.11 Å². The molecule has 4 heteroatoms. The Morgan fingerprint density at radius 3 is 2.38 bits per heavy atom. The third-order valence-corrected chi connectivity index (χ3v) is 2.45. The largest absolute Gasteiger partial charge is 1.00 e. The predicted molar refractivity (Wildman–Crippen MR) is 65.1 cm³/mol. The molecule has 0 N–H and O–H groups in total. The molecule has 0 aliphatic carbocycles. The smallest absolute Gasteiger partial charge is 0.644 e. The van der Waals surface area contributed by atoms with Crippen LogP contribution in [-0.2, 0) is 4.43 Å². The van der Waals surface area contributed by atoms with Crippen molar-refractivity contribution in [1.29, 1.82) is 0 Å². The van der Waals surface area contributed by atoms with Gasteiger partial charge in [0.05, 0.1) is 7.11 Å². The van der Waals surface area contributed by atoms with Gasteiger partial charge in [0.1, 0.15) is 0 Å². The minimum Gasteiger partial charge on any atom is -0.644 e. The van der Waals surface area contributed by atoms with E-state index < -0.39 is 8.32 Å². The number of para-hydroxylation sites is 1. The van der Waals surface area contributed by atoms with Crippen LogP contribution in [0.3, 0.4) is 0 Å². The normalized spacial score (nSPS) is 11.0. The molecule has 0 atom stereocenters. The Bertz CT molecular complexity index is 345. The van der Waals surface area contributed by atoms with Gasteiger partial charge >= 0.3 is 18.9 Å². The number of rotatable bonds is 4. The van der Waals surface area contributed by atoms with Crippen LogP contribution in [0, 0.1) is 6.26 Å². The summed E-state index contributed by atoms with van der Waals surface area (Å²) in [6.45, 7) is 6.36. The van der Waals surface area contributed by atoms with Crippen molar-refractivity contribution in [3.8, 4) is 5.75 Å². The molecule has 0 amide bonds. The van der Waals surface area contributed by atoms with Crippen molar-refractivity contribution < 1.29 is 28.0 Å².